The van der Waals surface area contributed by atoms with E-state index in [0.717, 1.165) is 42.4 Å². The van der Waals surface area contributed by atoms with Gasteiger partial charge < -0.3 is 11.1 Å². The summed E-state index contributed by atoms with van der Waals surface area (Å²) in [6.45, 7) is 6.36. The predicted octanol–water partition coefficient (Wildman–Crippen LogP) is 3.31. The minimum atomic E-state index is 0.509. The molecule has 4 nitrogen and oxygen atoms in total. The van der Waals surface area contributed by atoms with Crippen molar-refractivity contribution < 1.29 is 0 Å². The number of nitrogen functional groups attached to an aromatic ring is 1. The van der Waals surface area contributed by atoms with E-state index in [1.165, 1.54) is 19.3 Å². The number of hydrogen-bond donors (Lipinski definition) is 2. The molecule has 0 amide bonds. The van der Waals surface area contributed by atoms with E-state index in [0.29, 0.717) is 11.9 Å². The third-order valence-electron chi connectivity index (χ3n) is 3.85. The summed E-state index contributed by atoms with van der Waals surface area (Å²) in [6.07, 6.45) is 7.10. The highest BCUT2D eigenvalue weighted by Crippen LogP contribution is 2.35. The summed E-state index contributed by atoms with van der Waals surface area (Å²) in [7, 11) is 0. The van der Waals surface area contributed by atoms with E-state index in [-0.39, 0.29) is 0 Å². The molecule has 1 heterocycles. The van der Waals surface area contributed by atoms with Crippen molar-refractivity contribution in [1.29, 1.82) is 0 Å². The summed E-state index contributed by atoms with van der Waals surface area (Å²) in [5.41, 5.74) is 6.97. The van der Waals surface area contributed by atoms with E-state index in [2.05, 4.69) is 29.1 Å². The van der Waals surface area contributed by atoms with Gasteiger partial charge in [0.2, 0.25) is 0 Å². The fourth-order valence-electron chi connectivity index (χ4n) is 2.33. The van der Waals surface area contributed by atoms with E-state index in [9.17, 15) is 0 Å². The van der Waals surface area contributed by atoms with Gasteiger partial charge in [0.1, 0.15) is 17.5 Å². The predicted molar refractivity (Wildman–Crippen MR) is 80.2 cm³/mol. The molecule has 106 valence electrons. The Balaban J connectivity index is 2.11. The molecule has 1 aromatic rings. The van der Waals surface area contributed by atoms with Crippen molar-refractivity contribution in [2.45, 2.75) is 65.3 Å². The van der Waals surface area contributed by atoms with Crippen LogP contribution in [0.5, 0.6) is 0 Å². The molecule has 2 rings (SSSR count). The minimum Gasteiger partial charge on any atom is -0.383 e. The van der Waals surface area contributed by atoms with Gasteiger partial charge in [0.05, 0.1) is 0 Å². The van der Waals surface area contributed by atoms with Gasteiger partial charge in [-0.25, -0.2) is 9.97 Å². The molecule has 3 N–H and O–H groups in total. The lowest BCUT2D eigenvalue weighted by Crippen LogP contribution is -2.21. The summed E-state index contributed by atoms with van der Waals surface area (Å²) in [6, 6.07) is 0.509. The molecule has 1 aliphatic carbocycles. The quantitative estimate of drug-likeness (QED) is 0.791. The molecule has 1 aromatic heterocycles. The molecule has 0 aromatic carbocycles. The van der Waals surface area contributed by atoms with Crippen LogP contribution >= 0.6 is 0 Å². The van der Waals surface area contributed by atoms with Crippen LogP contribution in [0.15, 0.2) is 0 Å². The average Bonchev–Trinajstić information content (AvgIpc) is 3.18. The van der Waals surface area contributed by atoms with Crippen LogP contribution in [0, 0.1) is 12.8 Å². The van der Waals surface area contributed by atoms with Gasteiger partial charge in [-0.1, -0.05) is 26.7 Å². The maximum atomic E-state index is 5.99. The summed E-state index contributed by atoms with van der Waals surface area (Å²) >= 11 is 0. The Morgan fingerprint density at radius 3 is 2.63 bits per heavy atom. The van der Waals surface area contributed by atoms with E-state index in [4.69, 9.17) is 5.73 Å². The molecule has 1 aliphatic rings. The zero-order valence-corrected chi connectivity index (χ0v) is 12.4. The number of nitrogens with zero attached hydrogens (tertiary/aromatic N) is 2. The number of anilines is 2. The van der Waals surface area contributed by atoms with Gasteiger partial charge in [-0.15, -0.1) is 0 Å². The van der Waals surface area contributed by atoms with Gasteiger partial charge in [0.25, 0.3) is 0 Å². The van der Waals surface area contributed by atoms with Crippen molar-refractivity contribution in [2.75, 3.05) is 11.1 Å². The molecule has 0 bridgehead atoms. The third-order valence-corrected chi connectivity index (χ3v) is 3.85. The van der Waals surface area contributed by atoms with Gasteiger partial charge in [-0.05, 0) is 32.1 Å². The first kappa shape index (κ1) is 14.1. The highest BCUT2D eigenvalue weighted by atomic mass is 15.1. The van der Waals surface area contributed by atoms with Crippen molar-refractivity contribution in [1.82, 2.24) is 9.97 Å². The van der Waals surface area contributed by atoms with Crippen LogP contribution in [0.4, 0.5) is 11.6 Å². The van der Waals surface area contributed by atoms with Gasteiger partial charge in [0, 0.05) is 18.0 Å². The Labute approximate surface area is 116 Å². The van der Waals surface area contributed by atoms with Crippen molar-refractivity contribution in [3.63, 3.8) is 0 Å². The Hall–Kier alpha value is -1.32. The van der Waals surface area contributed by atoms with Crippen LogP contribution in [0.3, 0.4) is 0 Å². The van der Waals surface area contributed by atoms with Crippen molar-refractivity contribution in [2.24, 2.45) is 5.92 Å². The van der Waals surface area contributed by atoms with Crippen LogP contribution < -0.4 is 11.1 Å². The van der Waals surface area contributed by atoms with E-state index >= 15 is 0 Å². The third kappa shape index (κ3) is 3.82. The van der Waals surface area contributed by atoms with E-state index in [1.54, 1.807) is 0 Å². The van der Waals surface area contributed by atoms with Crippen LogP contribution in [0.25, 0.3) is 0 Å². The molecular weight excluding hydrogens is 236 g/mol. The number of aryl methyl sites for hydroxylation is 1. The molecule has 0 radical (unpaired) electrons. The number of aromatic nitrogens is 2. The monoisotopic (exact) mass is 262 g/mol. The average molecular weight is 262 g/mol. The maximum Gasteiger partial charge on any atom is 0.134 e. The molecule has 0 aliphatic heterocycles. The molecular formula is C15H26N4. The first-order chi connectivity index (χ1) is 9.13. The molecule has 4 heteroatoms. The Kier molecular flexibility index (Phi) is 4.61. The highest BCUT2D eigenvalue weighted by Gasteiger charge is 2.25. The largest absolute Gasteiger partial charge is 0.383 e. The fourth-order valence-corrected chi connectivity index (χ4v) is 2.33. The molecule has 1 fully saturated rings. The smallest absolute Gasteiger partial charge is 0.134 e. The van der Waals surface area contributed by atoms with Gasteiger partial charge in [-0.2, -0.15) is 0 Å². The molecule has 0 saturated heterocycles. The lowest BCUT2D eigenvalue weighted by atomic mass is 10.1. The first-order valence-electron chi connectivity index (χ1n) is 7.53. The second kappa shape index (κ2) is 6.22. The second-order valence-corrected chi connectivity index (χ2v) is 5.68. The zero-order valence-electron chi connectivity index (χ0n) is 12.4. The van der Waals surface area contributed by atoms with Crippen molar-refractivity contribution in [3.8, 4) is 0 Å². The minimum absolute atomic E-state index is 0.509. The Bertz CT molecular complexity index is 426. The van der Waals surface area contributed by atoms with E-state index in [1.807, 2.05) is 6.92 Å². The second-order valence-electron chi connectivity index (χ2n) is 5.68. The number of nitrogens with two attached hydrogens (primary N) is 1. The van der Waals surface area contributed by atoms with E-state index < -0.39 is 0 Å². The lowest BCUT2D eigenvalue weighted by molar-refractivity contribution is 0.584. The number of rotatable bonds is 7. The molecule has 0 spiro atoms. The highest BCUT2D eigenvalue weighted by molar-refractivity contribution is 5.55. The summed E-state index contributed by atoms with van der Waals surface area (Å²) < 4.78 is 0. The lowest BCUT2D eigenvalue weighted by Gasteiger charge is -2.19. The molecule has 1 atom stereocenters. The van der Waals surface area contributed by atoms with Crippen LogP contribution in [0.1, 0.15) is 57.3 Å². The summed E-state index contributed by atoms with van der Waals surface area (Å²) in [5, 5.41) is 3.58. The molecule has 1 unspecified atom stereocenters. The number of hydrogen-bond acceptors (Lipinski definition) is 4. The standard InChI is InChI=1S/C15H26N4/c1-4-6-13-18-14(16)10(3)15(19-13)17-12(5-2)9-11-7-8-11/h11-12H,4-9H2,1-3H3,(H3,16,17,18,19). The zero-order chi connectivity index (χ0) is 13.8. The summed E-state index contributed by atoms with van der Waals surface area (Å²) in [5.74, 6) is 3.33. The van der Waals surface area contributed by atoms with Gasteiger partial charge >= 0.3 is 0 Å². The summed E-state index contributed by atoms with van der Waals surface area (Å²) in [4.78, 5) is 8.99. The van der Waals surface area contributed by atoms with Gasteiger partial charge in [-0.3, -0.25) is 0 Å². The molecule has 1 saturated carbocycles. The Morgan fingerprint density at radius 1 is 1.32 bits per heavy atom. The fraction of sp³-hybridized carbons (Fsp3) is 0.733. The van der Waals surface area contributed by atoms with Gasteiger partial charge in [0.15, 0.2) is 0 Å². The topological polar surface area (TPSA) is 63.8 Å². The van der Waals surface area contributed by atoms with Crippen LogP contribution in [-0.4, -0.2) is 16.0 Å². The van der Waals surface area contributed by atoms with Crippen LogP contribution in [0.2, 0.25) is 0 Å². The van der Waals surface area contributed by atoms with Crippen molar-refractivity contribution in [3.05, 3.63) is 11.4 Å². The maximum absolute atomic E-state index is 5.99. The first-order valence-corrected chi connectivity index (χ1v) is 7.53. The Morgan fingerprint density at radius 2 is 2.05 bits per heavy atom. The number of nitrogens with one attached hydrogen (secondary N) is 1. The normalized spacial score (nSPS) is 16.4. The van der Waals surface area contributed by atoms with Crippen LogP contribution in [-0.2, 0) is 6.42 Å². The van der Waals surface area contributed by atoms with Crippen molar-refractivity contribution >= 4 is 11.6 Å². The SMILES string of the molecule is CCCc1nc(N)c(C)c(NC(CC)CC2CC2)n1. The molecule has 19 heavy (non-hydrogen) atoms.